The van der Waals surface area contributed by atoms with Crippen molar-refractivity contribution < 1.29 is 23.1 Å². The van der Waals surface area contributed by atoms with Gasteiger partial charge >= 0.3 is 12.1 Å². The van der Waals surface area contributed by atoms with Crippen LogP contribution in [0.2, 0.25) is 0 Å². The van der Waals surface area contributed by atoms with Crippen molar-refractivity contribution in [1.82, 2.24) is 0 Å². The summed E-state index contributed by atoms with van der Waals surface area (Å²) in [5, 5.41) is 8.59. The van der Waals surface area contributed by atoms with Crippen LogP contribution in [0.3, 0.4) is 0 Å². The maximum absolute atomic E-state index is 11.8. The largest absolute Gasteiger partial charge is 0.481 e. The van der Waals surface area contributed by atoms with E-state index in [1.165, 1.54) is 11.8 Å². The van der Waals surface area contributed by atoms with Crippen LogP contribution in [0.5, 0.6) is 0 Å². The molecule has 0 aromatic carbocycles. The third-order valence-electron chi connectivity index (χ3n) is 2.42. The van der Waals surface area contributed by atoms with E-state index in [0.29, 0.717) is 5.75 Å². The van der Waals surface area contributed by atoms with E-state index in [9.17, 15) is 18.0 Å². The first kappa shape index (κ1) is 12.7. The summed E-state index contributed by atoms with van der Waals surface area (Å²) in [6.45, 7) is 0. The van der Waals surface area contributed by atoms with Gasteiger partial charge in [-0.15, -0.1) is 0 Å². The van der Waals surface area contributed by atoms with Gasteiger partial charge in [0.25, 0.3) is 0 Å². The van der Waals surface area contributed by atoms with E-state index < -0.39 is 18.6 Å². The number of thioether (sulfide) groups is 1. The molecule has 15 heavy (non-hydrogen) atoms. The van der Waals surface area contributed by atoms with Gasteiger partial charge < -0.3 is 5.11 Å². The van der Waals surface area contributed by atoms with Gasteiger partial charge in [0.05, 0.1) is 12.8 Å². The lowest BCUT2D eigenvalue weighted by Crippen LogP contribution is -2.13. The van der Waals surface area contributed by atoms with Crippen molar-refractivity contribution in [1.29, 1.82) is 0 Å². The summed E-state index contributed by atoms with van der Waals surface area (Å²) in [4.78, 5) is 10.5. The molecule has 0 aromatic rings. The molecule has 0 saturated heterocycles. The molecule has 0 aliphatic heterocycles. The maximum Gasteiger partial charge on any atom is 0.389 e. The highest BCUT2D eigenvalue weighted by Crippen LogP contribution is 2.51. The molecular formula is C9H13F3O2S. The van der Waals surface area contributed by atoms with E-state index in [-0.39, 0.29) is 17.6 Å². The molecule has 0 spiro atoms. The molecule has 2 nitrogen and oxygen atoms in total. The van der Waals surface area contributed by atoms with Gasteiger partial charge in [0.15, 0.2) is 0 Å². The van der Waals surface area contributed by atoms with Crippen molar-refractivity contribution >= 4 is 17.7 Å². The predicted molar refractivity (Wildman–Crippen MR) is 51.9 cm³/mol. The van der Waals surface area contributed by atoms with Crippen LogP contribution in [-0.2, 0) is 4.79 Å². The number of aliphatic carboxylic acids is 1. The summed E-state index contributed by atoms with van der Waals surface area (Å²) in [5.41, 5.74) is -0.206. The molecule has 1 N–H and O–H groups in total. The number of carboxylic acid groups (broad SMARTS) is 1. The minimum Gasteiger partial charge on any atom is -0.481 e. The molecule has 0 bridgehead atoms. The van der Waals surface area contributed by atoms with E-state index in [4.69, 9.17) is 5.11 Å². The van der Waals surface area contributed by atoms with Gasteiger partial charge in [0, 0.05) is 5.75 Å². The van der Waals surface area contributed by atoms with Gasteiger partial charge in [-0.1, -0.05) is 0 Å². The molecular weight excluding hydrogens is 229 g/mol. The summed E-state index contributed by atoms with van der Waals surface area (Å²) >= 11 is 1.21. The summed E-state index contributed by atoms with van der Waals surface area (Å²) in [6, 6.07) is 0. The first-order valence-corrected chi connectivity index (χ1v) is 5.85. The molecule has 1 rings (SSSR count). The Balaban J connectivity index is 2.12. The van der Waals surface area contributed by atoms with Crippen LogP contribution < -0.4 is 0 Å². The molecule has 6 heteroatoms. The molecule has 88 valence electrons. The van der Waals surface area contributed by atoms with E-state index in [2.05, 4.69) is 0 Å². The minimum absolute atomic E-state index is 0.0326. The lowest BCUT2D eigenvalue weighted by atomic mass is 10.1. The smallest absolute Gasteiger partial charge is 0.389 e. The van der Waals surface area contributed by atoms with Crippen LogP contribution in [0.25, 0.3) is 0 Å². The quantitative estimate of drug-likeness (QED) is 0.728. The number of carboxylic acids is 1. The maximum atomic E-state index is 11.8. The van der Waals surface area contributed by atoms with Gasteiger partial charge in [0.1, 0.15) is 0 Å². The van der Waals surface area contributed by atoms with Crippen LogP contribution in [0, 0.1) is 5.41 Å². The highest BCUT2D eigenvalue weighted by molar-refractivity contribution is 7.99. The number of hydrogen-bond acceptors (Lipinski definition) is 2. The molecule has 0 radical (unpaired) electrons. The van der Waals surface area contributed by atoms with Crippen molar-refractivity contribution in [2.45, 2.75) is 31.9 Å². The van der Waals surface area contributed by atoms with E-state index in [0.717, 1.165) is 12.8 Å². The number of halogens is 3. The molecule has 1 aliphatic carbocycles. The topological polar surface area (TPSA) is 37.3 Å². The van der Waals surface area contributed by atoms with Crippen molar-refractivity contribution in [3.8, 4) is 0 Å². The second kappa shape index (κ2) is 4.63. The Morgan fingerprint density at radius 1 is 1.40 bits per heavy atom. The van der Waals surface area contributed by atoms with Crippen molar-refractivity contribution in [3.63, 3.8) is 0 Å². The highest BCUT2D eigenvalue weighted by Gasteiger charge is 2.44. The lowest BCUT2D eigenvalue weighted by molar-refractivity contribution is -0.138. The van der Waals surface area contributed by atoms with Crippen LogP contribution in [0.15, 0.2) is 0 Å². The van der Waals surface area contributed by atoms with Gasteiger partial charge in [-0.25, -0.2) is 0 Å². The number of rotatable bonds is 6. The molecule has 1 aliphatic rings. The first-order chi connectivity index (χ1) is 6.83. The zero-order chi connectivity index (χ0) is 11.5. The van der Waals surface area contributed by atoms with Crippen molar-refractivity contribution in [3.05, 3.63) is 0 Å². The van der Waals surface area contributed by atoms with Crippen molar-refractivity contribution in [2.75, 3.05) is 11.5 Å². The summed E-state index contributed by atoms with van der Waals surface area (Å²) in [6.07, 6.45) is -3.14. The van der Waals surface area contributed by atoms with E-state index in [1.807, 2.05) is 0 Å². The second-order valence-corrected chi connectivity index (χ2v) is 5.09. The van der Waals surface area contributed by atoms with Crippen molar-refractivity contribution in [2.24, 2.45) is 5.41 Å². The average Bonchev–Trinajstić information content (AvgIpc) is 2.76. The summed E-state index contributed by atoms with van der Waals surface area (Å²) in [7, 11) is 0. The normalized spacial score (nSPS) is 18.9. The Labute approximate surface area is 90.2 Å². The highest BCUT2D eigenvalue weighted by atomic mass is 32.2. The summed E-state index contributed by atoms with van der Waals surface area (Å²) in [5.74, 6) is -0.288. The SMILES string of the molecule is O=C(O)CC1(CSCCC(F)(F)F)CC1. The third-order valence-corrected chi connectivity index (χ3v) is 3.73. The third kappa shape index (κ3) is 5.30. The minimum atomic E-state index is -4.10. The fraction of sp³-hybridized carbons (Fsp3) is 0.889. The van der Waals surface area contributed by atoms with E-state index in [1.54, 1.807) is 0 Å². The molecule has 0 atom stereocenters. The second-order valence-electron chi connectivity index (χ2n) is 3.99. The zero-order valence-electron chi connectivity index (χ0n) is 8.14. The monoisotopic (exact) mass is 242 g/mol. The van der Waals surface area contributed by atoms with Crippen LogP contribution in [0.1, 0.15) is 25.7 Å². The van der Waals surface area contributed by atoms with Crippen LogP contribution in [-0.4, -0.2) is 28.8 Å². The molecule has 0 aromatic heterocycles. The Morgan fingerprint density at radius 3 is 2.40 bits per heavy atom. The molecule has 0 amide bonds. The molecule has 1 fully saturated rings. The number of carbonyl (C=O) groups is 1. The van der Waals surface area contributed by atoms with Gasteiger partial charge in [0.2, 0.25) is 0 Å². The molecule has 0 heterocycles. The van der Waals surface area contributed by atoms with Crippen LogP contribution >= 0.6 is 11.8 Å². The fourth-order valence-corrected chi connectivity index (χ4v) is 2.69. The van der Waals surface area contributed by atoms with E-state index >= 15 is 0 Å². The first-order valence-electron chi connectivity index (χ1n) is 4.69. The predicted octanol–water partition coefficient (Wildman–Crippen LogP) is 2.93. The lowest BCUT2D eigenvalue weighted by Gasteiger charge is -2.12. The Morgan fingerprint density at radius 2 is 2.00 bits per heavy atom. The van der Waals surface area contributed by atoms with Gasteiger partial charge in [-0.2, -0.15) is 24.9 Å². The molecule has 1 saturated carbocycles. The number of alkyl halides is 3. The Kier molecular flexibility index (Phi) is 3.92. The Bertz CT molecular complexity index is 236. The fourth-order valence-electron chi connectivity index (χ4n) is 1.35. The standard InChI is InChI=1S/C9H13F3O2S/c10-9(11,12)3-4-15-6-8(1-2-8)5-7(13)14/h1-6H2,(H,13,14). The van der Waals surface area contributed by atoms with Gasteiger partial charge in [-0.3, -0.25) is 4.79 Å². The Hall–Kier alpha value is -0.390. The average molecular weight is 242 g/mol. The van der Waals surface area contributed by atoms with Crippen LogP contribution in [0.4, 0.5) is 13.2 Å². The summed E-state index contributed by atoms with van der Waals surface area (Å²) < 4.78 is 35.4. The molecule has 0 unspecified atom stereocenters. The number of hydrogen-bond donors (Lipinski definition) is 1. The zero-order valence-corrected chi connectivity index (χ0v) is 8.96. The van der Waals surface area contributed by atoms with Gasteiger partial charge in [-0.05, 0) is 24.0 Å².